The van der Waals surface area contributed by atoms with E-state index in [0.717, 1.165) is 11.4 Å². The first kappa shape index (κ1) is 12.9. The van der Waals surface area contributed by atoms with E-state index in [2.05, 4.69) is 15.3 Å². The fraction of sp³-hybridized carbons (Fsp3) is 0.462. The zero-order valence-corrected chi connectivity index (χ0v) is 11.5. The molecule has 0 spiro atoms. The van der Waals surface area contributed by atoms with Gasteiger partial charge in [-0.2, -0.15) is 10.2 Å². The number of amides is 1. The summed E-state index contributed by atoms with van der Waals surface area (Å²) in [5.74, 6) is -0.0153. The second-order valence-electron chi connectivity index (χ2n) is 4.90. The molecule has 1 saturated heterocycles. The standard InChI is InChI=1S/C13H17N5O2/c1-9-10(7-17(2)16-9)13(19)18-5-6-20-8-12(18)11-3-4-14-15-11/h3-4,7,12H,5-6,8H2,1-2H3,(H,14,15). The Morgan fingerprint density at radius 1 is 1.55 bits per heavy atom. The van der Waals surface area contributed by atoms with Gasteiger partial charge in [0.1, 0.15) is 0 Å². The van der Waals surface area contributed by atoms with Crippen molar-refractivity contribution in [3.8, 4) is 0 Å². The zero-order chi connectivity index (χ0) is 14.1. The average molecular weight is 275 g/mol. The molecule has 106 valence electrons. The molecule has 0 saturated carbocycles. The number of nitrogens with zero attached hydrogens (tertiary/aromatic N) is 4. The minimum atomic E-state index is -0.127. The number of hydrogen-bond acceptors (Lipinski definition) is 4. The molecule has 2 aromatic heterocycles. The van der Waals surface area contributed by atoms with Crippen molar-refractivity contribution in [3.63, 3.8) is 0 Å². The molecule has 20 heavy (non-hydrogen) atoms. The van der Waals surface area contributed by atoms with Gasteiger partial charge in [-0.3, -0.25) is 14.6 Å². The number of nitrogens with one attached hydrogen (secondary N) is 1. The first-order chi connectivity index (χ1) is 9.66. The quantitative estimate of drug-likeness (QED) is 0.873. The third kappa shape index (κ3) is 2.20. The second-order valence-corrected chi connectivity index (χ2v) is 4.90. The largest absolute Gasteiger partial charge is 0.377 e. The van der Waals surface area contributed by atoms with Crippen molar-refractivity contribution >= 4 is 5.91 Å². The first-order valence-corrected chi connectivity index (χ1v) is 6.55. The highest BCUT2D eigenvalue weighted by Crippen LogP contribution is 2.24. The monoisotopic (exact) mass is 275 g/mol. The smallest absolute Gasteiger partial charge is 0.258 e. The van der Waals surface area contributed by atoms with Crippen LogP contribution < -0.4 is 0 Å². The Labute approximate surface area is 116 Å². The molecule has 0 bridgehead atoms. The highest BCUT2D eigenvalue weighted by atomic mass is 16.5. The van der Waals surface area contributed by atoms with Gasteiger partial charge in [0, 0.05) is 26.0 Å². The molecule has 2 aromatic rings. The van der Waals surface area contributed by atoms with Gasteiger partial charge in [0.25, 0.3) is 5.91 Å². The molecular formula is C13H17N5O2. The average Bonchev–Trinajstić information content (AvgIpc) is 3.07. The summed E-state index contributed by atoms with van der Waals surface area (Å²) in [6, 6.07) is 1.74. The molecule has 1 aliphatic rings. The molecule has 1 fully saturated rings. The van der Waals surface area contributed by atoms with Crippen LogP contribution in [0.1, 0.15) is 27.8 Å². The number of carbonyl (C=O) groups is 1. The van der Waals surface area contributed by atoms with Crippen LogP contribution in [0.25, 0.3) is 0 Å². The molecule has 0 radical (unpaired) electrons. The number of aromatic amines is 1. The molecule has 1 unspecified atom stereocenters. The molecule has 0 aromatic carbocycles. The maximum Gasteiger partial charge on any atom is 0.258 e. The van der Waals surface area contributed by atoms with E-state index in [-0.39, 0.29) is 11.9 Å². The summed E-state index contributed by atoms with van der Waals surface area (Å²) in [6.45, 7) is 3.44. The van der Waals surface area contributed by atoms with Crippen molar-refractivity contribution in [1.82, 2.24) is 24.9 Å². The van der Waals surface area contributed by atoms with E-state index in [1.54, 1.807) is 17.1 Å². The van der Waals surface area contributed by atoms with Gasteiger partial charge in [0.2, 0.25) is 0 Å². The number of carbonyl (C=O) groups excluding carboxylic acids is 1. The van der Waals surface area contributed by atoms with E-state index < -0.39 is 0 Å². The highest BCUT2D eigenvalue weighted by molar-refractivity contribution is 5.95. The summed E-state index contributed by atoms with van der Waals surface area (Å²) in [5.41, 5.74) is 2.27. The fourth-order valence-electron chi connectivity index (χ4n) is 2.52. The predicted molar refractivity (Wildman–Crippen MR) is 71.1 cm³/mol. The van der Waals surface area contributed by atoms with Crippen LogP contribution in [0.2, 0.25) is 0 Å². The van der Waals surface area contributed by atoms with E-state index in [1.165, 1.54) is 0 Å². The van der Waals surface area contributed by atoms with Crippen LogP contribution in [0.15, 0.2) is 18.5 Å². The number of hydrogen-bond donors (Lipinski definition) is 1. The molecule has 1 amide bonds. The maximum absolute atomic E-state index is 12.7. The molecule has 1 aliphatic heterocycles. The highest BCUT2D eigenvalue weighted by Gasteiger charge is 2.31. The summed E-state index contributed by atoms with van der Waals surface area (Å²) in [6.07, 6.45) is 3.44. The van der Waals surface area contributed by atoms with Crippen LogP contribution in [0.3, 0.4) is 0 Å². The van der Waals surface area contributed by atoms with Crippen LogP contribution in [0.4, 0.5) is 0 Å². The van der Waals surface area contributed by atoms with E-state index in [0.29, 0.717) is 25.3 Å². The first-order valence-electron chi connectivity index (χ1n) is 6.55. The summed E-state index contributed by atoms with van der Waals surface area (Å²) in [7, 11) is 1.81. The summed E-state index contributed by atoms with van der Waals surface area (Å²) in [4.78, 5) is 14.5. The molecule has 0 aliphatic carbocycles. The van der Waals surface area contributed by atoms with E-state index in [1.807, 2.05) is 24.9 Å². The van der Waals surface area contributed by atoms with Crippen LogP contribution in [-0.4, -0.2) is 50.5 Å². The van der Waals surface area contributed by atoms with Crippen molar-refractivity contribution in [3.05, 3.63) is 35.4 Å². The fourth-order valence-corrected chi connectivity index (χ4v) is 2.52. The SMILES string of the molecule is Cc1nn(C)cc1C(=O)N1CCOCC1c1ccn[nH]1. The Bertz CT molecular complexity index is 604. The molecule has 1 atom stereocenters. The van der Waals surface area contributed by atoms with Crippen LogP contribution in [0.5, 0.6) is 0 Å². The lowest BCUT2D eigenvalue weighted by Gasteiger charge is -2.34. The summed E-state index contributed by atoms with van der Waals surface area (Å²) in [5, 5.41) is 11.1. The van der Waals surface area contributed by atoms with Crippen molar-refractivity contribution in [2.45, 2.75) is 13.0 Å². The van der Waals surface area contributed by atoms with Crippen molar-refractivity contribution in [1.29, 1.82) is 0 Å². The zero-order valence-electron chi connectivity index (χ0n) is 11.5. The molecule has 3 heterocycles. The van der Waals surface area contributed by atoms with Crippen LogP contribution in [-0.2, 0) is 11.8 Å². The van der Waals surface area contributed by atoms with Gasteiger partial charge in [-0.15, -0.1) is 0 Å². The topological polar surface area (TPSA) is 76.0 Å². The molecule has 3 rings (SSSR count). The Hall–Kier alpha value is -2.15. The number of ether oxygens (including phenoxy) is 1. The molecule has 7 heteroatoms. The summed E-state index contributed by atoms with van der Waals surface area (Å²) >= 11 is 0. The number of aromatic nitrogens is 4. The van der Waals surface area contributed by atoms with Crippen molar-refractivity contribution in [2.24, 2.45) is 7.05 Å². The van der Waals surface area contributed by atoms with E-state index in [4.69, 9.17) is 4.74 Å². The Morgan fingerprint density at radius 2 is 2.40 bits per heavy atom. The Kier molecular flexibility index (Phi) is 3.27. The van der Waals surface area contributed by atoms with Gasteiger partial charge in [-0.1, -0.05) is 0 Å². The summed E-state index contributed by atoms with van der Waals surface area (Å²) < 4.78 is 7.16. The Balaban J connectivity index is 1.90. The molecule has 1 N–H and O–H groups in total. The van der Waals surface area contributed by atoms with Crippen LogP contribution >= 0.6 is 0 Å². The number of rotatable bonds is 2. The molecule has 7 nitrogen and oxygen atoms in total. The lowest BCUT2D eigenvalue weighted by molar-refractivity contribution is -0.00395. The minimum absolute atomic E-state index is 0.0153. The lowest BCUT2D eigenvalue weighted by Crippen LogP contribution is -2.43. The van der Waals surface area contributed by atoms with Gasteiger partial charge in [-0.25, -0.2) is 0 Å². The van der Waals surface area contributed by atoms with Crippen molar-refractivity contribution < 1.29 is 9.53 Å². The maximum atomic E-state index is 12.7. The van der Waals surface area contributed by atoms with Gasteiger partial charge in [-0.05, 0) is 13.0 Å². The van der Waals surface area contributed by atoms with Gasteiger partial charge in [0.15, 0.2) is 0 Å². The predicted octanol–water partition coefficient (Wildman–Crippen LogP) is 0.665. The van der Waals surface area contributed by atoms with Gasteiger partial charge < -0.3 is 9.64 Å². The third-order valence-electron chi connectivity index (χ3n) is 3.51. The second kappa shape index (κ2) is 5.09. The molecular weight excluding hydrogens is 258 g/mol. The normalized spacial score (nSPS) is 19.3. The van der Waals surface area contributed by atoms with Gasteiger partial charge >= 0.3 is 0 Å². The Morgan fingerprint density at radius 3 is 3.05 bits per heavy atom. The number of morpholine rings is 1. The minimum Gasteiger partial charge on any atom is -0.377 e. The number of H-pyrrole nitrogens is 1. The lowest BCUT2D eigenvalue weighted by atomic mass is 10.1. The third-order valence-corrected chi connectivity index (χ3v) is 3.51. The van der Waals surface area contributed by atoms with Gasteiger partial charge in [0.05, 0.1) is 36.2 Å². The van der Waals surface area contributed by atoms with Crippen molar-refractivity contribution in [2.75, 3.05) is 19.8 Å². The van der Waals surface area contributed by atoms with E-state index >= 15 is 0 Å². The number of aryl methyl sites for hydroxylation is 2. The van der Waals surface area contributed by atoms with E-state index in [9.17, 15) is 4.79 Å². The van der Waals surface area contributed by atoms with Crippen LogP contribution in [0, 0.1) is 6.92 Å².